The number of thioether (sulfide) groups is 1. The average Bonchev–Trinajstić information content (AvgIpc) is 3.35. The first-order chi connectivity index (χ1) is 13.6. The Balaban J connectivity index is 1.39. The summed E-state index contributed by atoms with van der Waals surface area (Å²) in [6, 6.07) is 7.28. The Morgan fingerprint density at radius 2 is 2.11 bits per heavy atom. The van der Waals surface area contributed by atoms with Gasteiger partial charge in [-0.3, -0.25) is 14.6 Å². The van der Waals surface area contributed by atoms with Gasteiger partial charge in [0.25, 0.3) is 0 Å². The van der Waals surface area contributed by atoms with Gasteiger partial charge in [0, 0.05) is 55.9 Å². The number of rotatable bonds is 5. The number of pyridine rings is 1. The molecule has 1 fully saturated rings. The molecule has 2 amide bonds. The molecule has 1 atom stereocenters. The second-order valence-corrected chi connectivity index (χ2v) is 7.53. The number of hydrogen-bond donors (Lipinski definition) is 1. The van der Waals surface area contributed by atoms with Gasteiger partial charge in [-0.15, -0.1) is 11.8 Å². The average molecular weight is 396 g/mol. The fraction of sp³-hybridized carbons (Fsp3) is 0.316. The van der Waals surface area contributed by atoms with Crippen LogP contribution in [0.25, 0.3) is 16.9 Å². The lowest BCUT2D eigenvalue weighted by atomic mass is 10.2. The fourth-order valence-corrected chi connectivity index (χ4v) is 4.35. The lowest BCUT2D eigenvalue weighted by molar-refractivity contribution is -0.136. The zero-order chi connectivity index (χ0) is 19.5. The van der Waals surface area contributed by atoms with Crippen molar-refractivity contribution in [2.24, 2.45) is 0 Å². The Kier molecular flexibility index (Phi) is 5.25. The maximum absolute atomic E-state index is 12.4. The molecule has 4 heterocycles. The molecule has 1 aliphatic rings. The highest BCUT2D eigenvalue weighted by Crippen LogP contribution is 2.21. The minimum absolute atomic E-state index is 0.0680. The third kappa shape index (κ3) is 3.84. The van der Waals surface area contributed by atoms with Crippen molar-refractivity contribution in [3.8, 4) is 11.3 Å². The van der Waals surface area contributed by atoms with Crippen LogP contribution < -0.4 is 5.32 Å². The minimum Gasteiger partial charge on any atom is -0.354 e. The van der Waals surface area contributed by atoms with Crippen molar-refractivity contribution >= 4 is 29.2 Å². The molecule has 9 heteroatoms. The Morgan fingerprint density at radius 1 is 1.29 bits per heavy atom. The van der Waals surface area contributed by atoms with Crippen LogP contribution in [0.3, 0.4) is 0 Å². The molecule has 1 unspecified atom stereocenters. The van der Waals surface area contributed by atoms with Gasteiger partial charge < -0.3 is 10.2 Å². The van der Waals surface area contributed by atoms with E-state index in [0.29, 0.717) is 24.6 Å². The molecular weight excluding hydrogens is 376 g/mol. The van der Waals surface area contributed by atoms with Gasteiger partial charge in [-0.1, -0.05) is 0 Å². The molecule has 0 radical (unpaired) electrons. The van der Waals surface area contributed by atoms with Gasteiger partial charge >= 0.3 is 0 Å². The molecule has 144 valence electrons. The first kappa shape index (κ1) is 18.4. The van der Waals surface area contributed by atoms with Crippen LogP contribution in [0.4, 0.5) is 0 Å². The molecule has 1 N–H and O–H groups in total. The molecule has 3 aromatic rings. The number of carbonyl (C=O) groups is 2. The maximum atomic E-state index is 12.4. The van der Waals surface area contributed by atoms with Crippen LogP contribution in [0.15, 0.2) is 42.9 Å². The van der Waals surface area contributed by atoms with E-state index in [0.717, 1.165) is 22.6 Å². The van der Waals surface area contributed by atoms with Gasteiger partial charge in [-0.2, -0.15) is 5.10 Å². The predicted molar refractivity (Wildman–Crippen MR) is 107 cm³/mol. The molecule has 0 bridgehead atoms. The highest BCUT2D eigenvalue weighted by atomic mass is 32.2. The number of nitrogens with zero attached hydrogens (tertiary/aromatic N) is 5. The molecule has 1 saturated heterocycles. The monoisotopic (exact) mass is 396 g/mol. The number of fused-ring (bicyclic) bond motifs is 1. The molecule has 8 nitrogen and oxygen atoms in total. The summed E-state index contributed by atoms with van der Waals surface area (Å²) in [6.45, 7) is 1.96. The van der Waals surface area contributed by atoms with Gasteiger partial charge in [0.15, 0.2) is 5.65 Å². The van der Waals surface area contributed by atoms with Crippen LogP contribution in [0.5, 0.6) is 0 Å². The van der Waals surface area contributed by atoms with Crippen LogP contribution in [0, 0.1) is 0 Å². The van der Waals surface area contributed by atoms with Crippen molar-refractivity contribution in [2.45, 2.75) is 19.4 Å². The summed E-state index contributed by atoms with van der Waals surface area (Å²) in [4.78, 5) is 34.2. The third-order valence-electron chi connectivity index (χ3n) is 4.62. The maximum Gasteiger partial charge on any atom is 0.243 e. The van der Waals surface area contributed by atoms with E-state index in [1.165, 1.54) is 6.92 Å². The van der Waals surface area contributed by atoms with Crippen molar-refractivity contribution < 1.29 is 9.59 Å². The normalized spacial score (nSPS) is 16.5. The lowest BCUT2D eigenvalue weighted by Crippen LogP contribution is -2.46. The minimum atomic E-state index is -0.381. The van der Waals surface area contributed by atoms with Crippen LogP contribution in [0.2, 0.25) is 0 Å². The van der Waals surface area contributed by atoms with Crippen LogP contribution in [0.1, 0.15) is 12.6 Å². The number of hydrogen-bond acceptors (Lipinski definition) is 6. The van der Waals surface area contributed by atoms with Crippen molar-refractivity contribution in [3.63, 3.8) is 0 Å². The molecular formula is C19H20N6O2S. The fourth-order valence-electron chi connectivity index (χ4n) is 3.14. The second-order valence-electron chi connectivity index (χ2n) is 6.53. The summed E-state index contributed by atoms with van der Waals surface area (Å²) in [7, 11) is 0. The highest BCUT2D eigenvalue weighted by molar-refractivity contribution is 7.99. The number of nitrogens with one attached hydrogen (secondary N) is 1. The van der Waals surface area contributed by atoms with E-state index in [9.17, 15) is 9.59 Å². The largest absolute Gasteiger partial charge is 0.354 e. The van der Waals surface area contributed by atoms with Gasteiger partial charge in [0.05, 0.1) is 17.3 Å². The van der Waals surface area contributed by atoms with Crippen molar-refractivity contribution in [1.82, 2.24) is 29.8 Å². The molecule has 0 saturated carbocycles. The quantitative estimate of drug-likeness (QED) is 0.700. The molecule has 4 rings (SSSR count). The zero-order valence-corrected chi connectivity index (χ0v) is 16.2. The summed E-state index contributed by atoms with van der Waals surface area (Å²) >= 11 is 1.60. The van der Waals surface area contributed by atoms with E-state index < -0.39 is 0 Å². The van der Waals surface area contributed by atoms with Crippen molar-refractivity contribution in [1.29, 1.82) is 0 Å². The second kappa shape index (κ2) is 7.97. The summed E-state index contributed by atoms with van der Waals surface area (Å²) in [6.07, 6.45) is 5.95. The number of aromatic nitrogens is 4. The first-order valence-electron chi connectivity index (χ1n) is 9.00. The summed E-state index contributed by atoms with van der Waals surface area (Å²) in [5.74, 6) is 1.04. The standard InChI is InChI=1S/C19H20N6O2S/c1-13(26)24-12-28-11-17(24)19(27)21-8-4-15-10-18-22-16(5-9-25(18)23-15)14-2-6-20-7-3-14/h2-3,5-7,9-10,17H,4,8,11-12H2,1H3,(H,21,27). The Labute approximate surface area is 166 Å². The topological polar surface area (TPSA) is 92.5 Å². The predicted octanol–water partition coefficient (Wildman–Crippen LogP) is 1.37. The molecule has 0 spiro atoms. The van der Waals surface area contributed by atoms with Crippen LogP contribution in [-0.2, 0) is 16.0 Å². The lowest BCUT2D eigenvalue weighted by Gasteiger charge is -2.21. The summed E-state index contributed by atoms with van der Waals surface area (Å²) < 4.78 is 1.73. The van der Waals surface area contributed by atoms with Gasteiger partial charge in [-0.25, -0.2) is 9.50 Å². The van der Waals surface area contributed by atoms with E-state index in [2.05, 4.69) is 20.4 Å². The van der Waals surface area contributed by atoms with E-state index in [-0.39, 0.29) is 17.9 Å². The molecule has 28 heavy (non-hydrogen) atoms. The van der Waals surface area contributed by atoms with Crippen LogP contribution >= 0.6 is 11.8 Å². The van der Waals surface area contributed by atoms with E-state index in [1.807, 2.05) is 30.5 Å². The van der Waals surface area contributed by atoms with Gasteiger partial charge in [0.1, 0.15) is 6.04 Å². The van der Waals surface area contributed by atoms with Gasteiger partial charge in [0.2, 0.25) is 11.8 Å². The zero-order valence-electron chi connectivity index (χ0n) is 15.4. The Bertz CT molecular complexity index is 1010. The SMILES string of the molecule is CC(=O)N1CSCC1C(=O)NCCc1cc2nc(-c3ccncc3)ccn2n1. The highest BCUT2D eigenvalue weighted by Gasteiger charge is 2.32. The third-order valence-corrected chi connectivity index (χ3v) is 5.63. The molecule has 0 aliphatic carbocycles. The van der Waals surface area contributed by atoms with Crippen molar-refractivity contribution in [2.75, 3.05) is 18.2 Å². The number of carbonyl (C=O) groups excluding carboxylic acids is 2. The summed E-state index contributed by atoms with van der Waals surface area (Å²) in [5.41, 5.74) is 3.46. The van der Waals surface area contributed by atoms with E-state index in [4.69, 9.17) is 0 Å². The van der Waals surface area contributed by atoms with Gasteiger partial charge in [-0.05, 0) is 18.2 Å². The van der Waals surface area contributed by atoms with E-state index in [1.54, 1.807) is 33.6 Å². The Hall–Kier alpha value is -2.94. The number of amides is 2. The Morgan fingerprint density at radius 3 is 2.89 bits per heavy atom. The van der Waals surface area contributed by atoms with Crippen LogP contribution in [-0.4, -0.2) is 60.5 Å². The van der Waals surface area contributed by atoms with E-state index >= 15 is 0 Å². The molecule has 0 aromatic carbocycles. The molecule has 1 aliphatic heterocycles. The first-order valence-corrected chi connectivity index (χ1v) is 10.2. The summed E-state index contributed by atoms with van der Waals surface area (Å²) in [5, 5.41) is 7.42. The molecule has 3 aromatic heterocycles. The smallest absolute Gasteiger partial charge is 0.243 e. The van der Waals surface area contributed by atoms with Crippen molar-refractivity contribution in [3.05, 3.63) is 48.5 Å².